The molecule has 0 spiro atoms. The van der Waals surface area contributed by atoms with Crippen molar-refractivity contribution >= 4 is 9.64 Å². The van der Waals surface area contributed by atoms with Crippen molar-refractivity contribution in [1.82, 2.24) is 0 Å². The van der Waals surface area contributed by atoms with Gasteiger partial charge in [0.1, 0.15) is 0 Å². The van der Waals surface area contributed by atoms with Crippen LogP contribution in [-0.2, 0) is 19.8 Å². The minimum atomic E-state index is -0.394. The third-order valence-corrected chi connectivity index (χ3v) is 2.03. The summed E-state index contributed by atoms with van der Waals surface area (Å²) in [5.41, 5.74) is 0.157. The predicted molar refractivity (Wildman–Crippen MR) is 32.7 cm³/mol. The van der Waals surface area contributed by atoms with Gasteiger partial charge in [0, 0.05) is 0 Å². The van der Waals surface area contributed by atoms with E-state index < -0.39 is 4.92 Å². The van der Waals surface area contributed by atoms with Crippen LogP contribution in [0, 0.1) is 10.1 Å². The SMILES string of the molecule is O=[N+]([O-])c1cc[c]([W])cc1. The number of hydrogen-bond acceptors (Lipinski definition) is 2. The first-order chi connectivity index (χ1) is 4.70. The Hall–Kier alpha value is -0.692. The van der Waals surface area contributed by atoms with Gasteiger partial charge >= 0.3 is 68.8 Å². The van der Waals surface area contributed by atoms with Gasteiger partial charge in [-0.1, -0.05) is 0 Å². The standard InChI is InChI=1S/C6H4NO2.W/c8-7(9)6-4-2-1-3-5-6;/h2-5H;. The van der Waals surface area contributed by atoms with Crippen molar-refractivity contribution in [1.29, 1.82) is 0 Å². The molecule has 0 aromatic heterocycles. The van der Waals surface area contributed by atoms with Crippen molar-refractivity contribution < 1.29 is 24.7 Å². The normalized spacial score (nSPS) is 9.20. The number of non-ortho nitro benzene ring substituents is 1. The number of nitrogens with zero attached hydrogens (tertiary/aromatic N) is 1. The van der Waals surface area contributed by atoms with Gasteiger partial charge in [0.05, 0.1) is 0 Å². The fourth-order valence-corrected chi connectivity index (χ4v) is 1.06. The van der Waals surface area contributed by atoms with E-state index in [0.29, 0.717) is 0 Å². The van der Waals surface area contributed by atoms with E-state index in [1.807, 2.05) is 0 Å². The van der Waals surface area contributed by atoms with Crippen molar-refractivity contribution in [3.8, 4) is 0 Å². The van der Waals surface area contributed by atoms with E-state index in [1.165, 1.54) is 31.9 Å². The van der Waals surface area contributed by atoms with Gasteiger partial charge in [0.2, 0.25) is 0 Å². The molecule has 0 atom stereocenters. The molecule has 0 heterocycles. The molecule has 1 aromatic carbocycles. The predicted octanol–water partition coefficient (Wildman–Crippen LogP) is 0.767. The van der Waals surface area contributed by atoms with Gasteiger partial charge < -0.3 is 0 Å². The van der Waals surface area contributed by atoms with Crippen LogP contribution < -0.4 is 3.95 Å². The molecule has 0 amide bonds. The molecule has 0 fully saturated rings. The second-order valence-electron chi connectivity index (χ2n) is 1.75. The van der Waals surface area contributed by atoms with Gasteiger partial charge in [-0.3, -0.25) is 0 Å². The van der Waals surface area contributed by atoms with Crippen molar-refractivity contribution in [2.75, 3.05) is 0 Å². The minimum absolute atomic E-state index is 0.157. The van der Waals surface area contributed by atoms with Crippen molar-refractivity contribution in [3.63, 3.8) is 0 Å². The van der Waals surface area contributed by atoms with Crippen LogP contribution in [0.3, 0.4) is 0 Å². The average molecular weight is 306 g/mol. The molecule has 0 N–H and O–H groups in total. The zero-order chi connectivity index (χ0) is 7.56. The Balaban J connectivity index is 3.00. The zero-order valence-electron chi connectivity index (χ0n) is 4.98. The number of hydrogen-bond donors (Lipinski definition) is 0. The Bertz CT molecular complexity index is 244. The van der Waals surface area contributed by atoms with E-state index in [9.17, 15) is 10.1 Å². The summed E-state index contributed by atoms with van der Waals surface area (Å²) in [6.07, 6.45) is 0. The maximum atomic E-state index is 10.1. The molecule has 0 saturated carbocycles. The Labute approximate surface area is 69.1 Å². The summed E-state index contributed by atoms with van der Waals surface area (Å²) in [6, 6.07) is 6.55. The first-order valence-corrected chi connectivity index (χ1v) is 4.08. The Kier molecular flexibility index (Phi) is 2.17. The Morgan fingerprint density at radius 2 is 1.80 bits per heavy atom. The first-order valence-electron chi connectivity index (χ1n) is 2.61. The molecule has 0 saturated heterocycles. The first kappa shape index (κ1) is 7.42. The fourth-order valence-electron chi connectivity index (χ4n) is 0.568. The van der Waals surface area contributed by atoms with Crippen LogP contribution in [0.15, 0.2) is 24.3 Å². The van der Waals surface area contributed by atoms with E-state index in [4.69, 9.17) is 0 Å². The van der Waals surface area contributed by atoms with Crippen LogP contribution in [0.4, 0.5) is 5.69 Å². The molecular weight excluding hydrogens is 302 g/mol. The summed E-state index contributed by atoms with van der Waals surface area (Å²) in [4.78, 5) is 9.73. The molecule has 3 nitrogen and oxygen atoms in total. The Morgan fingerprint density at radius 3 is 2.20 bits per heavy atom. The molecular formula is C6H4NO2W. The molecule has 4 heteroatoms. The second-order valence-corrected chi connectivity index (χ2v) is 3.44. The molecule has 0 bridgehead atoms. The van der Waals surface area contributed by atoms with Gasteiger partial charge in [-0.2, -0.15) is 0 Å². The molecule has 1 aromatic rings. The van der Waals surface area contributed by atoms with Gasteiger partial charge in [0.15, 0.2) is 0 Å². The third kappa shape index (κ3) is 1.64. The molecule has 0 radical (unpaired) electrons. The summed E-state index contributed by atoms with van der Waals surface area (Å²) >= 11 is 1.32. The van der Waals surface area contributed by atoms with Crippen molar-refractivity contribution in [3.05, 3.63) is 34.4 Å². The summed E-state index contributed by atoms with van der Waals surface area (Å²) < 4.78 is 1.12. The van der Waals surface area contributed by atoms with Crippen LogP contribution in [0.25, 0.3) is 0 Å². The molecule has 0 aliphatic rings. The van der Waals surface area contributed by atoms with Gasteiger partial charge in [-0.05, 0) is 0 Å². The topological polar surface area (TPSA) is 43.1 Å². The molecule has 0 aliphatic carbocycles. The number of rotatable bonds is 1. The molecule has 0 unspecified atom stereocenters. The number of benzene rings is 1. The van der Waals surface area contributed by atoms with Gasteiger partial charge in [0.25, 0.3) is 0 Å². The Morgan fingerprint density at radius 1 is 1.30 bits per heavy atom. The number of nitro benzene ring substituents is 1. The van der Waals surface area contributed by atoms with Gasteiger partial charge in [-0.15, -0.1) is 0 Å². The van der Waals surface area contributed by atoms with Crippen molar-refractivity contribution in [2.24, 2.45) is 0 Å². The maximum absolute atomic E-state index is 10.1. The average Bonchev–Trinajstić information content (AvgIpc) is 1.88. The summed E-state index contributed by atoms with van der Waals surface area (Å²) in [5, 5.41) is 10.1. The summed E-state index contributed by atoms with van der Waals surface area (Å²) in [7, 11) is 0. The third-order valence-electron chi connectivity index (χ3n) is 1.05. The van der Waals surface area contributed by atoms with E-state index in [2.05, 4.69) is 0 Å². The zero-order valence-corrected chi connectivity index (χ0v) is 7.91. The van der Waals surface area contributed by atoms with E-state index >= 15 is 0 Å². The van der Waals surface area contributed by atoms with Crippen LogP contribution in [-0.4, -0.2) is 4.92 Å². The monoisotopic (exact) mass is 306 g/mol. The second kappa shape index (κ2) is 2.93. The summed E-state index contributed by atoms with van der Waals surface area (Å²) in [5.74, 6) is 0. The van der Waals surface area contributed by atoms with Crippen LogP contribution in [0.1, 0.15) is 0 Å². The van der Waals surface area contributed by atoms with E-state index in [0.717, 1.165) is 3.95 Å². The molecule has 1 rings (SSSR count). The van der Waals surface area contributed by atoms with Crippen LogP contribution in [0.5, 0.6) is 0 Å². The molecule has 10 heavy (non-hydrogen) atoms. The van der Waals surface area contributed by atoms with E-state index in [1.54, 1.807) is 12.1 Å². The quantitative estimate of drug-likeness (QED) is 0.568. The molecule has 0 aliphatic heterocycles. The van der Waals surface area contributed by atoms with Gasteiger partial charge in [-0.25, -0.2) is 0 Å². The van der Waals surface area contributed by atoms with Crippen LogP contribution in [0.2, 0.25) is 0 Å². The molecule has 51 valence electrons. The van der Waals surface area contributed by atoms with Crippen LogP contribution >= 0.6 is 0 Å². The fraction of sp³-hybridized carbons (Fsp3) is 0. The summed E-state index contributed by atoms with van der Waals surface area (Å²) in [6.45, 7) is 0. The van der Waals surface area contributed by atoms with E-state index in [-0.39, 0.29) is 5.69 Å². The van der Waals surface area contributed by atoms with Crippen molar-refractivity contribution in [2.45, 2.75) is 0 Å². The number of nitro groups is 1.